The molecule has 29 nitrogen and oxygen atoms in total. The maximum atomic E-state index is 13.6. The van der Waals surface area contributed by atoms with E-state index in [0.717, 1.165) is 107 Å². The number of piperidine rings is 2. The summed E-state index contributed by atoms with van der Waals surface area (Å²) in [5.41, 5.74) is 11.6. The first-order valence-electron chi connectivity index (χ1n) is 44.6. The van der Waals surface area contributed by atoms with Crippen molar-refractivity contribution in [2.24, 2.45) is 0 Å². The number of carbonyl (C=O) groups excluding carboxylic acids is 1. The Morgan fingerprint density at radius 3 is 1.12 bits per heavy atom. The van der Waals surface area contributed by atoms with Gasteiger partial charge in [-0.25, -0.2) is 38.3 Å². The lowest BCUT2D eigenvalue weighted by Gasteiger charge is -2.35. The third kappa shape index (κ3) is 19.5. The zero-order valence-corrected chi connectivity index (χ0v) is 75.8. The minimum atomic E-state index is -3.41. The van der Waals surface area contributed by atoms with E-state index in [-0.39, 0.29) is 72.6 Å². The molecular formula is C101H99Cl2N15O14S. The van der Waals surface area contributed by atoms with Crippen LogP contribution in [0.2, 0.25) is 10.3 Å². The number of aryl methyl sites for hydroxylation is 1. The number of likely N-dealkylation sites (N-methyl/N-ethyl adjacent to an activating group) is 1. The molecule has 0 saturated carbocycles. The van der Waals surface area contributed by atoms with Crippen molar-refractivity contribution in [3.63, 3.8) is 0 Å². The molecule has 0 radical (unpaired) electrons. The Bertz CT molecular complexity index is 7460. The summed E-state index contributed by atoms with van der Waals surface area (Å²) in [6, 6.07) is 53.2. The van der Waals surface area contributed by atoms with Gasteiger partial charge in [0.25, 0.3) is 28.1 Å². The summed E-state index contributed by atoms with van der Waals surface area (Å²) in [5.74, 6) is -0.0899. The van der Waals surface area contributed by atoms with Gasteiger partial charge in [0.1, 0.15) is 16.0 Å². The van der Waals surface area contributed by atoms with E-state index < -0.39 is 40.5 Å². The fourth-order valence-electron chi connectivity index (χ4n) is 19.0. The molecule has 1 amide bonds. The smallest absolute Gasteiger partial charge is 0.272 e. The second kappa shape index (κ2) is 39.8. The predicted molar refractivity (Wildman–Crippen MR) is 513 cm³/mol. The van der Waals surface area contributed by atoms with Crippen LogP contribution in [0, 0.1) is 0 Å². The maximum Gasteiger partial charge on any atom is 0.272 e. The van der Waals surface area contributed by atoms with Crippen molar-refractivity contribution >= 4 is 126 Å². The number of halogens is 2. The highest BCUT2D eigenvalue weighted by Gasteiger charge is 2.36. The number of nitrogens with zero attached hydrogens (tertiary/aromatic N) is 15. The number of amides is 1. The molecule has 8 aromatic heterocycles. The number of morpholine rings is 1. The Balaban J connectivity index is 0.000000119. The summed E-state index contributed by atoms with van der Waals surface area (Å²) < 4.78 is 47.2. The number of aromatic nitrogens is 12. The topological polar surface area (TPSA) is 361 Å². The third-order valence-corrected chi connectivity index (χ3v) is 27.7. The number of pyridine rings is 4. The van der Waals surface area contributed by atoms with Crippen LogP contribution in [-0.4, -0.2) is 224 Å². The molecule has 5 fully saturated rings. The maximum absolute atomic E-state index is 13.6. The quantitative estimate of drug-likeness (QED) is 0.0547. The van der Waals surface area contributed by atoms with E-state index in [1.54, 1.807) is 74.4 Å². The number of sulfonamides is 1. The Labute approximate surface area is 774 Å². The minimum absolute atomic E-state index is 0.0550. The summed E-state index contributed by atoms with van der Waals surface area (Å²) in [4.78, 5) is 107. The monoisotopic (exact) mass is 1850 g/mol. The lowest BCUT2D eigenvalue weighted by molar-refractivity contribution is -0.0395. The minimum Gasteiger partial charge on any atom is -0.390 e. The second-order valence-corrected chi connectivity index (χ2v) is 37.4. The number of carbonyl (C=O) groups is 1. The highest BCUT2D eigenvalue weighted by Crippen LogP contribution is 2.36. The van der Waals surface area contributed by atoms with E-state index in [1.807, 2.05) is 147 Å². The molecule has 5 saturated heterocycles. The number of fused-ring (bicyclic) bond motifs is 12. The van der Waals surface area contributed by atoms with E-state index in [4.69, 9.17) is 37.4 Å². The molecule has 32 heteroatoms. The van der Waals surface area contributed by atoms with E-state index >= 15 is 0 Å². The lowest BCUT2D eigenvalue weighted by Crippen LogP contribution is -2.48. The molecule has 0 bridgehead atoms. The molecule has 133 heavy (non-hydrogen) atoms. The normalized spacial score (nSPS) is 19.8. The molecule has 13 heterocycles. The molecule has 682 valence electrons. The van der Waals surface area contributed by atoms with Gasteiger partial charge in [-0.2, -0.15) is 4.31 Å². The van der Waals surface area contributed by atoms with E-state index in [1.165, 1.54) is 20.8 Å². The van der Waals surface area contributed by atoms with Crippen molar-refractivity contribution in [2.45, 2.75) is 113 Å². The van der Waals surface area contributed by atoms with Gasteiger partial charge in [-0.1, -0.05) is 145 Å². The number of aliphatic hydroxyl groups is 4. The Hall–Kier alpha value is -12.4. The molecule has 21 rings (SSSR count). The van der Waals surface area contributed by atoms with Gasteiger partial charge < -0.3 is 44.4 Å². The number of rotatable bonds is 15. The predicted octanol–water partition coefficient (Wildman–Crippen LogP) is 11.9. The Kier molecular flexibility index (Phi) is 27.3. The largest absolute Gasteiger partial charge is 0.390 e. The summed E-state index contributed by atoms with van der Waals surface area (Å²) >= 11 is 11.9. The van der Waals surface area contributed by atoms with E-state index in [0.29, 0.717) is 157 Å². The van der Waals surface area contributed by atoms with Crippen LogP contribution in [0.1, 0.15) is 117 Å². The molecule has 0 aliphatic carbocycles. The number of likely N-dealkylation sites (tertiary alicyclic amines) is 1. The van der Waals surface area contributed by atoms with Gasteiger partial charge in [0.05, 0.1) is 150 Å². The van der Waals surface area contributed by atoms with Crippen LogP contribution in [0.4, 0.5) is 0 Å². The van der Waals surface area contributed by atoms with Gasteiger partial charge in [0, 0.05) is 105 Å². The van der Waals surface area contributed by atoms with Crippen LogP contribution in [0.15, 0.2) is 239 Å². The highest BCUT2D eigenvalue weighted by molar-refractivity contribution is 7.88. The number of hydrogen-bond donors (Lipinski definition) is 4. The highest BCUT2D eigenvalue weighted by atomic mass is 35.5. The molecule has 5 aliphatic rings. The average molecular weight is 1850 g/mol. The SMILES string of the molecule is CCc1cc(Cc2cc3c(=O)n([C@H]4CCOC[C@@H]4O)cnc3c3ccccc23)ccn1.CN1CC[C@H](n2cnc3c(cc(Cc4ccc(Cl)nc4)c4ccccc43)c2=O)[C@@H](O)C1.CS(=O)(=O)N1CC[C@H](n2cnc3c(cc(Cc4ccc(Cl)nc4)c4ccccc43)c2=O)[C@@H](O)C1.O=C(c1ccc(Cc2cc3c(=O)n([C@H]4CCOC[C@@H]4O)cnc3c3ccccc23)cn1)N1CCOCC1. The van der Waals surface area contributed by atoms with Crippen LogP contribution in [0.5, 0.6) is 0 Å². The first-order valence-corrected chi connectivity index (χ1v) is 47.2. The fourth-order valence-corrected chi connectivity index (χ4v) is 20.1. The fraction of sp³-hybridized carbons (Fsp3) is 0.317. The van der Waals surface area contributed by atoms with Crippen molar-refractivity contribution in [1.82, 2.24) is 72.2 Å². The molecule has 8 atom stereocenters. The standard InChI is InChI=1S/C28H28N4O5.C25H25N3O3.C24H23ClN4O4S.C24H23ClN4O2/c33-25-16-37-10-7-24(25)32-17-30-26-21-4-2-1-3-20(21)19(14-22(26)27(32)34)13-18-5-6-23(29-15-18)28(35)31-8-11-36-12-9-31;1-2-18-12-16(7-9-26-18)11-17-13-21-24(20-6-4-3-5-19(17)20)27-15-28(25(21)30)22-8-10-31-14-23(22)29;1-34(32,33)28-9-8-20(21(30)13-28)29-14-27-23-18-5-3-2-4-17(18)16(11-19(23)24(29)31)10-15-6-7-22(25)26-12-15;1-28-9-8-20(21(30)13-28)29-14-27-23-18-5-3-2-4-17(18)16(11-19(23)24(29)31)10-15-6-7-22(25)26-12-15/h1-6,14-15,17,24-25,33H,7-13,16H2;3-7,9,12-13,15,22-23,29H,2,8,10-11,14H2,1H3;2-7,11-12,14,20-21,30H,8-10,13H2,1H3;2-7,11-12,14,20-21,30H,8-10,13H2,1H3/t24-,25-;22-,23-;2*20-,21-/m0000/s1. The molecule has 5 aliphatic heterocycles. The molecule has 8 aromatic carbocycles. The first kappa shape index (κ1) is 91.1. The van der Waals surface area contributed by atoms with Crippen LogP contribution in [0.3, 0.4) is 0 Å². The zero-order chi connectivity index (χ0) is 92.3. The third-order valence-electron chi connectivity index (χ3n) is 26.0. The number of ether oxygens (including phenoxy) is 3. The van der Waals surface area contributed by atoms with E-state index in [9.17, 15) is 52.8 Å². The van der Waals surface area contributed by atoms with Gasteiger partial charge in [0.15, 0.2) is 0 Å². The van der Waals surface area contributed by atoms with Crippen molar-refractivity contribution in [2.75, 3.05) is 92.2 Å². The zero-order valence-electron chi connectivity index (χ0n) is 73.5. The van der Waals surface area contributed by atoms with Crippen molar-refractivity contribution in [1.29, 1.82) is 0 Å². The van der Waals surface area contributed by atoms with Crippen LogP contribution < -0.4 is 22.2 Å². The van der Waals surface area contributed by atoms with Gasteiger partial charge in [0.2, 0.25) is 10.0 Å². The Morgan fingerprint density at radius 2 is 0.767 bits per heavy atom. The van der Waals surface area contributed by atoms with Crippen molar-refractivity contribution in [3.05, 3.63) is 328 Å². The number of β-amino-alcohol motifs (C(OH)–C–C–N with tert-alkyl or cyclic N) is 2. The summed E-state index contributed by atoms with van der Waals surface area (Å²) in [6.45, 7) is 7.34. The summed E-state index contributed by atoms with van der Waals surface area (Å²) in [6.07, 6.45) is 16.8. The summed E-state index contributed by atoms with van der Waals surface area (Å²) in [7, 11) is -1.44. The second-order valence-electron chi connectivity index (χ2n) is 34.6. The first-order chi connectivity index (χ1) is 64.5. The van der Waals surface area contributed by atoms with Crippen LogP contribution >= 0.6 is 23.2 Å². The van der Waals surface area contributed by atoms with E-state index in [2.05, 4.69) is 69.9 Å². The molecule has 16 aromatic rings. The lowest BCUT2D eigenvalue weighted by atomic mass is 9.96. The van der Waals surface area contributed by atoms with Gasteiger partial charge in [-0.3, -0.25) is 52.2 Å². The average Bonchev–Trinajstić information content (AvgIpc) is 0.761. The van der Waals surface area contributed by atoms with Gasteiger partial charge in [-0.15, -0.1) is 0 Å². The van der Waals surface area contributed by atoms with Crippen LogP contribution in [0.25, 0.3) is 86.7 Å². The van der Waals surface area contributed by atoms with Crippen LogP contribution in [-0.2, 0) is 56.3 Å². The van der Waals surface area contributed by atoms with Crippen molar-refractivity contribution < 1.29 is 47.8 Å². The molecule has 4 N–H and O–H groups in total. The molecule has 0 spiro atoms. The number of aliphatic hydroxyl groups excluding tert-OH is 4. The number of benzene rings is 8. The Morgan fingerprint density at radius 1 is 0.398 bits per heavy atom. The molecule has 0 unspecified atom stereocenters. The number of hydrogen-bond acceptors (Lipinski definition) is 23. The summed E-state index contributed by atoms with van der Waals surface area (Å²) in [5, 5.41) is 52.9. The molecular weight excluding hydrogens is 1750 g/mol. The van der Waals surface area contributed by atoms with Crippen molar-refractivity contribution in [3.8, 4) is 0 Å². The van der Waals surface area contributed by atoms with Gasteiger partial charge in [-0.05, 0) is 185 Å². The van der Waals surface area contributed by atoms with Gasteiger partial charge >= 0.3 is 0 Å².